The third-order valence-corrected chi connectivity index (χ3v) is 7.49. The van der Waals surface area contributed by atoms with Gasteiger partial charge in [-0.2, -0.15) is 0 Å². The van der Waals surface area contributed by atoms with Crippen LogP contribution in [0.15, 0.2) is 0 Å². The maximum atomic E-state index is 12.6. The highest BCUT2D eigenvalue weighted by molar-refractivity contribution is 5.84. The zero-order chi connectivity index (χ0) is 25.3. The van der Waals surface area contributed by atoms with Crippen LogP contribution < -0.4 is 0 Å². The molecular formula is C31H62NO2+. The second-order valence-electron chi connectivity index (χ2n) is 11.2. The van der Waals surface area contributed by atoms with E-state index in [2.05, 4.69) is 13.8 Å². The predicted molar refractivity (Wildman–Crippen MR) is 149 cm³/mol. The predicted octanol–water partition coefficient (Wildman–Crippen LogP) is 9.91. The smallest absolute Gasteiger partial charge is 0.230 e. The summed E-state index contributed by atoms with van der Waals surface area (Å²) in [6, 6.07) is 0. The number of rotatable bonds is 25. The summed E-state index contributed by atoms with van der Waals surface area (Å²) in [7, 11) is 3.59. The van der Waals surface area contributed by atoms with Gasteiger partial charge in [0.1, 0.15) is 0 Å². The Balaban J connectivity index is 3.63. The van der Waals surface area contributed by atoms with Gasteiger partial charge in [0.05, 0.1) is 26.9 Å². The molecule has 34 heavy (non-hydrogen) atoms. The monoisotopic (exact) mass is 480 g/mol. The molecule has 0 aliphatic heterocycles. The Morgan fingerprint density at radius 1 is 0.382 bits per heavy atom. The number of carbonyl (C=O) groups excluding carboxylic acids is 2. The van der Waals surface area contributed by atoms with E-state index < -0.39 is 0 Å². The first-order chi connectivity index (χ1) is 16.5. The molecule has 3 heteroatoms. The van der Waals surface area contributed by atoms with Crippen LogP contribution >= 0.6 is 0 Å². The summed E-state index contributed by atoms with van der Waals surface area (Å²) in [5.74, 6) is 0.194. The fourth-order valence-electron chi connectivity index (χ4n) is 4.76. The average molecular weight is 481 g/mol. The first-order valence-electron chi connectivity index (χ1n) is 15.4. The van der Waals surface area contributed by atoms with Crippen molar-refractivity contribution in [2.24, 2.45) is 0 Å². The van der Waals surface area contributed by atoms with Crippen molar-refractivity contribution in [3.05, 3.63) is 0 Å². The lowest BCUT2D eigenvalue weighted by atomic mass is 10.0. The minimum atomic E-state index is -0.0597. The Bertz CT molecular complexity index is 472. The van der Waals surface area contributed by atoms with Crippen molar-refractivity contribution in [2.45, 2.75) is 174 Å². The summed E-state index contributed by atoms with van der Waals surface area (Å²) < 4.78 is -0.0597. The molecule has 0 N–H and O–H groups in total. The van der Waals surface area contributed by atoms with Crippen LogP contribution in [0.1, 0.15) is 174 Å². The molecular weight excluding hydrogens is 418 g/mol. The van der Waals surface area contributed by atoms with Crippen LogP contribution in [0.3, 0.4) is 0 Å². The molecule has 0 fully saturated rings. The van der Waals surface area contributed by atoms with Gasteiger partial charge in [-0.05, 0) is 12.8 Å². The summed E-state index contributed by atoms with van der Waals surface area (Å²) in [6.45, 7) is 4.53. The number of quaternary nitrogens is 1. The van der Waals surface area contributed by atoms with Gasteiger partial charge in [-0.25, -0.2) is 14.1 Å². The van der Waals surface area contributed by atoms with Gasteiger partial charge in [0.2, 0.25) is 0 Å². The molecule has 202 valence electrons. The third kappa shape index (κ3) is 19.6. The fraction of sp³-hybridized carbons (Fsp3) is 0.935. The zero-order valence-corrected chi connectivity index (χ0v) is 23.9. The largest absolute Gasteiger partial charge is 0.320 e. The molecule has 0 heterocycles. The number of amides is 2. The number of unbranched alkanes of at least 4 members (excludes halogenated alkanes) is 21. The topological polar surface area (TPSA) is 34.1 Å². The lowest BCUT2D eigenvalue weighted by molar-refractivity contribution is -0.736. The Morgan fingerprint density at radius 3 is 0.824 bits per heavy atom. The summed E-state index contributed by atoms with van der Waals surface area (Å²) in [5.41, 5.74) is 0. The molecule has 0 aliphatic rings. The fourth-order valence-corrected chi connectivity index (χ4v) is 4.76. The van der Waals surface area contributed by atoms with Crippen molar-refractivity contribution >= 4 is 11.8 Å². The SMILES string of the molecule is CCCCCCCCCCCCCCC(=O)[N+](C)(C)C(=O)CCCCCCCCCCCCC. The van der Waals surface area contributed by atoms with Crippen molar-refractivity contribution in [1.29, 1.82) is 0 Å². The highest BCUT2D eigenvalue weighted by atomic mass is 16.2. The molecule has 0 bridgehead atoms. The lowest BCUT2D eigenvalue weighted by Crippen LogP contribution is -2.50. The number of imide groups is 1. The Kier molecular flexibility index (Phi) is 23.5. The lowest BCUT2D eigenvalue weighted by Gasteiger charge is -2.24. The number of carbonyl (C=O) groups is 2. The van der Waals surface area contributed by atoms with E-state index in [9.17, 15) is 9.59 Å². The van der Waals surface area contributed by atoms with Gasteiger partial charge in [0.15, 0.2) is 0 Å². The van der Waals surface area contributed by atoms with Gasteiger partial charge in [0, 0.05) is 0 Å². The third-order valence-electron chi connectivity index (χ3n) is 7.49. The molecule has 0 atom stereocenters. The van der Waals surface area contributed by atoms with E-state index in [0.29, 0.717) is 12.8 Å². The van der Waals surface area contributed by atoms with Gasteiger partial charge in [-0.3, -0.25) is 0 Å². The summed E-state index contributed by atoms with van der Waals surface area (Å²) in [5, 5.41) is 0. The Morgan fingerprint density at radius 2 is 0.588 bits per heavy atom. The van der Waals surface area contributed by atoms with E-state index in [1.165, 1.54) is 122 Å². The maximum Gasteiger partial charge on any atom is 0.320 e. The van der Waals surface area contributed by atoms with E-state index in [-0.39, 0.29) is 16.3 Å². The van der Waals surface area contributed by atoms with Crippen LogP contribution in [0, 0.1) is 0 Å². The zero-order valence-electron chi connectivity index (χ0n) is 23.9. The van der Waals surface area contributed by atoms with Crippen molar-refractivity contribution in [2.75, 3.05) is 14.1 Å². The molecule has 0 unspecified atom stereocenters. The van der Waals surface area contributed by atoms with E-state index in [1.807, 2.05) is 0 Å². The van der Waals surface area contributed by atoms with Gasteiger partial charge < -0.3 is 0 Å². The van der Waals surface area contributed by atoms with Crippen LogP contribution in [0.5, 0.6) is 0 Å². The van der Waals surface area contributed by atoms with Crippen molar-refractivity contribution < 1.29 is 14.1 Å². The molecule has 2 amide bonds. The molecule has 0 aliphatic carbocycles. The quantitative estimate of drug-likeness (QED) is 0.0962. The molecule has 0 saturated heterocycles. The number of hydrogen-bond donors (Lipinski definition) is 0. The van der Waals surface area contributed by atoms with E-state index in [1.54, 1.807) is 14.1 Å². The van der Waals surface area contributed by atoms with Crippen molar-refractivity contribution in [3.63, 3.8) is 0 Å². The Labute approximate surface area is 214 Å². The van der Waals surface area contributed by atoms with Crippen molar-refractivity contribution in [3.8, 4) is 0 Å². The van der Waals surface area contributed by atoms with E-state index in [0.717, 1.165) is 25.7 Å². The molecule has 0 radical (unpaired) electrons. The number of hydrogen-bond acceptors (Lipinski definition) is 2. The molecule has 0 aromatic carbocycles. The molecule has 0 aromatic heterocycles. The van der Waals surface area contributed by atoms with Crippen LogP contribution in [-0.4, -0.2) is 30.4 Å². The van der Waals surface area contributed by atoms with Crippen LogP contribution in [0.4, 0.5) is 0 Å². The molecule has 3 nitrogen and oxygen atoms in total. The highest BCUT2D eigenvalue weighted by Crippen LogP contribution is 2.16. The highest BCUT2D eigenvalue weighted by Gasteiger charge is 2.33. The maximum absolute atomic E-state index is 12.6. The van der Waals surface area contributed by atoms with Gasteiger partial charge in [-0.1, -0.05) is 149 Å². The Hall–Kier alpha value is -0.700. The van der Waals surface area contributed by atoms with Crippen LogP contribution in [-0.2, 0) is 9.59 Å². The second kappa shape index (κ2) is 24.0. The van der Waals surface area contributed by atoms with Crippen LogP contribution in [0.2, 0.25) is 0 Å². The minimum absolute atomic E-state index is 0.0597. The molecule has 0 rings (SSSR count). The van der Waals surface area contributed by atoms with Crippen LogP contribution in [0.25, 0.3) is 0 Å². The van der Waals surface area contributed by atoms with Gasteiger partial charge in [0.25, 0.3) is 0 Å². The standard InChI is InChI=1S/C31H62NO2/c1-5-7-9-11-13-15-17-19-21-23-25-27-29-31(34)32(3,4)30(33)28-26-24-22-20-18-16-14-12-10-8-6-2/h5-29H2,1-4H3/q+1. The summed E-state index contributed by atoms with van der Waals surface area (Å²) in [6.07, 6.45) is 30.8. The van der Waals surface area contributed by atoms with E-state index >= 15 is 0 Å². The second-order valence-corrected chi connectivity index (χ2v) is 11.2. The molecule has 0 saturated carbocycles. The molecule has 0 aromatic rings. The first kappa shape index (κ1) is 33.3. The first-order valence-corrected chi connectivity index (χ1v) is 15.4. The number of nitrogens with zero attached hydrogens (tertiary/aromatic N) is 1. The summed E-state index contributed by atoms with van der Waals surface area (Å²) in [4.78, 5) is 25.3. The minimum Gasteiger partial charge on any atom is -0.230 e. The van der Waals surface area contributed by atoms with E-state index in [4.69, 9.17) is 0 Å². The molecule has 0 spiro atoms. The van der Waals surface area contributed by atoms with Gasteiger partial charge >= 0.3 is 11.8 Å². The average Bonchev–Trinajstić information content (AvgIpc) is 2.82. The normalized spacial score (nSPS) is 11.8. The van der Waals surface area contributed by atoms with Crippen molar-refractivity contribution in [1.82, 2.24) is 0 Å². The summed E-state index contributed by atoms with van der Waals surface area (Å²) >= 11 is 0. The van der Waals surface area contributed by atoms with Gasteiger partial charge in [-0.15, -0.1) is 0 Å².